The lowest BCUT2D eigenvalue weighted by molar-refractivity contribution is -0.146. The molecule has 6 N–H and O–H groups in total. The number of hydrogen-bond acceptors (Lipinski definition) is 17. The van der Waals surface area contributed by atoms with Crippen LogP contribution in [0.1, 0.15) is 50.2 Å². The van der Waals surface area contributed by atoms with E-state index in [2.05, 4.69) is 10.6 Å². The Hall–Kier alpha value is -6.41. The van der Waals surface area contributed by atoms with Gasteiger partial charge in [-0.05, 0) is 95.2 Å². The molecule has 71 heavy (non-hydrogen) atoms. The number of carbonyl (C=O) groups is 6. The molecule has 6 unspecified atom stereocenters. The summed E-state index contributed by atoms with van der Waals surface area (Å²) in [6, 6.07) is 13.7. The Kier molecular flexibility index (Phi) is 18.3. The summed E-state index contributed by atoms with van der Waals surface area (Å²) in [7, 11) is 0.163. The molecule has 3 amide bonds. The maximum Gasteiger partial charge on any atom is 0.414 e. The van der Waals surface area contributed by atoms with Gasteiger partial charge in [-0.25, -0.2) is 9.59 Å². The molecule has 5 saturated heterocycles. The minimum absolute atomic E-state index is 0.0683. The third-order valence-electron chi connectivity index (χ3n) is 13.0. The highest BCUT2D eigenvalue weighted by molar-refractivity contribution is 7.86. The molecule has 24 nitrogen and oxygen atoms in total. The lowest BCUT2D eigenvalue weighted by Gasteiger charge is -2.36. The van der Waals surface area contributed by atoms with Crippen LogP contribution >= 0.6 is 0 Å². The van der Waals surface area contributed by atoms with Crippen molar-refractivity contribution in [2.45, 2.75) is 63.6 Å². The van der Waals surface area contributed by atoms with E-state index in [0.717, 1.165) is 6.26 Å². The number of piperidine rings is 2. The minimum Gasteiger partial charge on any atom is -0.481 e. The summed E-state index contributed by atoms with van der Waals surface area (Å²) in [6.07, 6.45) is 0.416. The van der Waals surface area contributed by atoms with Crippen LogP contribution in [0.25, 0.3) is 0 Å². The Balaban J connectivity index is 0.000000240. The third kappa shape index (κ3) is 15.1. The number of cyclic esters (lactones) is 2. The van der Waals surface area contributed by atoms with Crippen molar-refractivity contribution in [1.29, 1.82) is 10.8 Å². The van der Waals surface area contributed by atoms with Gasteiger partial charge in [0.25, 0.3) is 10.1 Å². The van der Waals surface area contributed by atoms with E-state index in [0.29, 0.717) is 101 Å². The predicted molar refractivity (Wildman–Crippen MR) is 257 cm³/mol. The van der Waals surface area contributed by atoms with E-state index in [1.807, 2.05) is 28.8 Å². The van der Waals surface area contributed by atoms with E-state index in [4.69, 9.17) is 29.2 Å². The zero-order chi connectivity index (χ0) is 51.6. The Morgan fingerprint density at radius 1 is 0.746 bits per heavy atom. The first-order chi connectivity index (χ1) is 33.7. The van der Waals surface area contributed by atoms with Gasteiger partial charge in [0.1, 0.15) is 30.5 Å². The molecular weight excluding hydrogens is 949 g/mol. The van der Waals surface area contributed by atoms with Gasteiger partial charge in [0, 0.05) is 61.8 Å². The van der Waals surface area contributed by atoms with Crippen LogP contribution < -0.4 is 20.4 Å². The topological polar surface area (TPSA) is 305 Å². The SMILES string of the molecule is CCOC(=O)CCN1CCN(CC2CN(c3ccc(C(=N)NC4CC(C(=O)O)CCN4C)cc3)C(=O)O2)CC1=O.CN1CCC(C(=O)O)CC1NC(=N)c1ccc(N2CC(COS(C)(=O)=O)OC2=O)cc1. The van der Waals surface area contributed by atoms with E-state index in [1.165, 1.54) is 9.80 Å². The highest BCUT2D eigenvalue weighted by Crippen LogP contribution is 2.26. The molecule has 5 aliphatic rings. The Labute approximate surface area is 412 Å². The molecule has 5 aliphatic heterocycles. The second-order valence-corrected chi connectivity index (χ2v) is 19.8. The molecule has 5 heterocycles. The van der Waals surface area contributed by atoms with E-state index in [9.17, 15) is 47.4 Å². The van der Waals surface area contributed by atoms with Gasteiger partial charge in [0.15, 0.2) is 0 Å². The maximum absolute atomic E-state index is 12.6. The van der Waals surface area contributed by atoms with Crippen LogP contribution in [0.2, 0.25) is 0 Å². The molecule has 388 valence electrons. The zero-order valence-electron chi connectivity index (χ0n) is 40.3. The highest BCUT2D eigenvalue weighted by Gasteiger charge is 2.37. The first-order valence-electron chi connectivity index (χ1n) is 23.4. The number of nitrogens with one attached hydrogen (secondary N) is 4. The average Bonchev–Trinajstić information content (AvgIpc) is 3.89. The summed E-state index contributed by atoms with van der Waals surface area (Å²) in [6.45, 7) is 5.64. The van der Waals surface area contributed by atoms with Gasteiger partial charge in [-0.2, -0.15) is 8.42 Å². The standard InChI is InChI=1S/C27H38N6O7.C19H26N4O7S/c1-3-39-24(35)9-11-32-13-12-31(17-23(32)34)15-21-16-33(27(38)40-21)20-6-4-18(5-7-20)25(28)29-22-14-19(26(36)37)8-10-30(22)2;1-22-8-7-13(18(24)25)9-16(22)21-17(20)12-3-5-14(6-4-12)23-10-15(30-19(23)26)11-29-31(2,27)28/h4-7,19,21-22H,3,8-17H2,1-2H3,(H2,28,29)(H,36,37);3-6,13,15-16H,7-11H2,1-2H3,(H2,20,21)(H,24,25). The largest absolute Gasteiger partial charge is 0.481 e. The predicted octanol–water partition coefficient (Wildman–Crippen LogP) is 1.43. The number of ether oxygens (including phenoxy) is 3. The van der Waals surface area contributed by atoms with Crippen LogP contribution in [0.3, 0.4) is 0 Å². The molecule has 0 saturated carbocycles. The van der Waals surface area contributed by atoms with Crippen molar-refractivity contribution in [1.82, 2.24) is 30.2 Å². The summed E-state index contributed by atoms with van der Waals surface area (Å²) in [5.74, 6) is -2.56. The molecule has 0 spiro atoms. The van der Waals surface area contributed by atoms with E-state index < -0.39 is 58.3 Å². The molecule has 6 atom stereocenters. The first-order valence-corrected chi connectivity index (χ1v) is 25.2. The van der Waals surface area contributed by atoms with Crippen molar-refractivity contribution in [2.75, 3.05) is 102 Å². The van der Waals surface area contributed by atoms with E-state index in [-0.39, 0.29) is 62.0 Å². The van der Waals surface area contributed by atoms with Crippen LogP contribution in [0.4, 0.5) is 21.0 Å². The molecular formula is C46H64N10O14S. The number of anilines is 2. The number of likely N-dealkylation sites (tertiary alicyclic amines) is 2. The average molecular weight is 1010 g/mol. The van der Waals surface area contributed by atoms with Crippen molar-refractivity contribution in [3.05, 3.63) is 59.7 Å². The van der Waals surface area contributed by atoms with Gasteiger partial charge in [-0.1, -0.05) is 0 Å². The lowest BCUT2D eigenvalue weighted by atomic mass is 9.94. The number of aliphatic carboxylic acids is 2. The number of piperazine rings is 1. The van der Waals surface area contributed by atoms with Crippen molar-refractivity contribution in [2.24, 2.45) is 11.8 Å². The normalized spacial score (nSPS) is 24.3. The maximum atomic E-state index is 12.6. The highest BCUT2D eigenvalue weighted by atomic mass is 32.2. The van der Waals surface area contributed by atoms with Gasteiger partial charge < -0.3 is 40.0 Å². The number of carbonyl (C=O) groups excluding carboxylic acids is 4. The summed E-state index contributed by atoms with van der Waals surface area (Å²) in [4.78, 5) is 82.0. The summed E-state index contributed by atoms with van der Waals surface area (Å²) >= 11 is 0. The van der Waals surface area contributed by atoms with Crippen molar-refractivity contribution >= 4 is 69.2 Å². The number of nitrogens with zero attached hydrogens (tertiary/aromatic N) is 6. The number of carboxylic acid groups (broad SMARTS) is 2. The fourth-order valence-electron chi connectivity index (χ4n) is 8.81. The molecule has 25 heteroatoms. The Morgan fingerprint density at radius 3 is 1.68 bits per heavy atom. The minimum atomic E-state index is -3.63. The van der Waals surface area contributed by atoms with Crippen LogP contribution in [0, 0.1) is 22.7 Å². The smallest absolute Gasteiger partial charge is 0.414 e. The lowest BCUT2D eigenvalue weighted by Crippen LogP contribution is -2.52. The van der Waals surface area contributed by atoms with E-state index in [1.54, 1.807) is 60.4 Å². The summed E-state index contributed by atoms with van der Waals surface area (Å²) in [5, 5.41) is 41.6. The van der Waals surface area contributed by atoms with Gasteiger partial charge >= 0.3 is 30.1 Å². The van der Waals surface area contributed by atoms with Crippen LogP contribution in [0.5, 0.6) is 0 Å². The molecule has 2 aromatic carbocycles. The van der Waals surface area contributed by atoms with Crippen molar-refractivity contribution in [3.8, 4) is 0 Å². The van der Waals surface area contributed by atoms with Crippen LogP contribution in [0.15, 0.2) is 48.5 Å². The number of esters is 1. The zero-order valence-corrected chi connectivity index (χ0v) is 41.1. The molecule has 0 aliphatic carbocycles. The third-order valence-corrected chi connectivity index (χ3v) is 13.5. The number of benzene rings is 2. The molecule has 0 aromatic heterocycles. The molecule has 5 fully saturated rings. The second-order valence-electron chi connectivity index (χ2n) is 18.1. The number of amidine groups is 2. The molecule has 2 aromatic rings. The van der Waals surface area contributed by atoms with Crippen molar-refractivity contribution in [3.63, 3.8) is 0 Å². The van der Waals surface area contributed by atoms with Gasteiger partial charge in [-0.15, -0.1) is 0 Å². The molecule has 0 radical (unpaired) electrons. The number of carboxylic acids is 2. The van der Waals surface area contributed by atoms with Crippen LogP contribution in [-0.4, -0.2) is 203 Å². The quantitative estimate of drug-likeness (QED) is 0.0429. The summed E-state index contributed by atoms with van der Waals surface area (Å²) in [5.41, 5.74) is 2.39. The van der Waals surface area contributed by atoms with Gasteiger partial charge in [-0.3, -0.25) is 58.7 Å². The fourth-order valence-corrected chi connectivity index (χ4v) is 9.21. The number of rotatable bonds is 17. The molecule has 7 rings (SSSR count). The Morgan fingerprint density at radius 2 is 1.23 bits per heavy atom. The first kappa shape index (κ1) is 53.9. The summed E-state index contributed by atoms with van der Waals surface area (Å²) < 4.78 is 42.5. The monoisotopic (exact) mass is 1010 g/mol. The number of amides is 3. The van der Waals surface area contributed by atoms with E-state index >= 15 is 0 Å². The van der Waals surface area contributed by atoms with Gasteiger partial charge in [0.05, 0.1) is 63.1 Å². The number of hydrogen-bond donors (Lipinski definition) is 6. The molecule has 0 bridgehead atoms. The second kappa shape index (κ2) is 24.1. The fraction of sp³-hybridized carbons (Fsp3) is 0.565. The van der Waals surface area contributed by atoms with Gasteiger partial charge in [0.2, 0.25) is 5.91 Å². The van der Waals surface area contributed by atoms with Crippen molar-refractivity contribution < 1.29 is 65.8 Å². The Bertz CT molecular complexity index is 2390. The van der Waals surface area contributed by atoms with Crippen LogP contribution in [-0.2, 0) is 47.7 Å².